The first-order chi connectivity index (χ1) is 18.8. The zero-order valence-corrected chi connectivity index (χ0v) is 21.7. The first kappa shape index (κ1) is 29.5. The van der Waals surface area contributed by atoms with E-state index in [1.165, 1.54) is 30.0 Å². The van der Waals surface area contributed by atoms with Crippen molar-refractivity contribution in [1.82, 2.24) is 4.90 Å². The largest absolute Gasteiger partial charge is 0.478 e. The van der Waals surface area contributed by atoms with Crippen molar-refractivity contribution in [2.45, 2.75) is 25.2 Å². The van der Waals surface area contributed by atoms with Gasteiger partial charge in [-0.3, -0.25) is 0 Å². The molecule has 1 heterocycles. The number of nitrogens with zero attached hydrogens (tertiary/aromatic N) is 1. The molecule has 1 saturated heterocycles. The maximum atomic E-state index is 13.5. The minimum absolute atomic E-state index is 0.170. The molecule has 8 heteroatoms. The van der Waals surface area contributed by atoms with E-state index < -0.39 is 11.9 Å². The van der Waals surface area contributed by atoms with Gasteiger partial charge in [0, 0.05) is 30.3 Å². The Morgan fingerprint density at radius 2 is 1.31 bits per heavy atom. The van der Waals surface area contributed by atoms with E-state index in [-0.39, 0.29) is 17.6 Å². The lowest BCUT2D eigenvalue weighted by atomic mass is 9.76. The fourth-order valence-electron chi connectivity index (χ4n) is 4.82. The third-order valence-electron chi connectivity index (χ3n) is 6.68. The van der Waals surface area contributed by atoms with Gasteiger partial charge in [0.15, 0.2) is 0 Å². The number of benzene rings is 3. The van der Waals surface area contributed by atoms with Crippen molar-refractivity contribution in [2.75, 3.05) is 31.5 Å². The smallest absolute Gasteiger partial charge is 0.328 e. The van der Waals surface area contributed by atoms with Crippen LogP contribution in [-0.4, -0.2) is 53.2 Å². The van der Waals surface area contributed by atoms with Crippen LogP contribution in [0.25, 0.3) is 0 Å². The number of carboxylic acid groups (broad SMARTS) is 2. The normalized spacial score (nSPS) is 14.1. The number of hydrogen-bond donors (Lipinski definition) is 3. The van der Waals surface area contributed by atoms with Gasteiger partial charge in [0.2, 0.25) is 0 Å². The summed E-state index contributed by atoms with van der Waals surface area (Å²) >= 11 is 0. The number of halogens is 2. The van der Waals surface area contributed by atoms with Gasteiger partial charge >= 0.3 is 11.9 Å². The maximum Gasteiger partial charge on any atom is 0.328 e. The molecule has 0 saturated carbocycles. The number of likely N-dealkylation sites (tertiary alicyclic amines) is 1. The third-order valence-corrected chi connectivity index (χ3v) is 6.68. The molecule has 0 unspecified atom stereocenters. The summed E-state index contributed by atoms with van der Waals surface area (Å²) in [6.45, 7) is 4.19. The molecule has 0 spiro atoms. The zero-order chi connectivity index (χ0) is 28.0. The Hall–Kier alpha value is -4.04. The number of piperidine rings is 1. The molecule has 0 atom stereocenters. The molecule has 6 nitrogen and oxygen atoms in total. The molecule has 206 valence electrons. The van der Waals surface area contributed by atoms with Crippen LogP contribution in [0.2, 0.25) is 0 Å². The quantitative estimate of drug-likeness (QED) is 0.217. The van der Waals surface area contributed by atoms with Gasteiger partial charge in [-0.05, 0) is 92.3 Å². The predicted molar refractivity (Wildman–Crippen MR) is 148 cm³/mol. The Labute approximate surface area is 227 Å². The molecular formula is C31H34F2N2O4. The topological polar surface area (TPSA) is 89.9 Å². The number of carbonyl (C=O) groups is 2. The molecular weight excluding hydrogens is 502 g/mol. The van der Waals surface area contributed by atoms with Crippen LogP contribution in [-0.2, 0) is 9.59 Å². The standard InChI is InChI=1S/C27H30F2N2.C4H4O4/c28-24-11-7-21(8-12-24)27(22-9-13-25(29)14-10-22)23-15-19-31(20-16-23)18-4-17-30-26-5-2-1-3-6-26;5-3(6)1-2-4(7)8/h1-3,5-14,23,27,30H,4,15-20H2;1-2H,(H,5,6)(H,7,8). The van der Waals surface area contributed by atoms with Crippen LogP contribution < -0.4 is 5.32 Å². The van der Waals surface area contributed by atoms with Crippen LogP contribution in [0.1, 0.15) is 36.3 Å². The van der Waals surface area contributed by atoms with Crippen molar-refractivity contribution in [3.05, 3.63) is 114 Å². The molecule has 0 bridgehead atoms. The van der Waals surface area contributed by atoms with Crippen molar-refractivity contribution < 1.29 is 28.6 Å². The molecule has 1 fully saturated rings. The number of anilines is 1. The van der Waals surface area contributed by atoms with Gasteiger partial charge in [-0.15, -0.1) is 0 Å². The molecule has 3 aromatic carbocycles. The number of aliphatic carboxylic acids is 2. The van der Waals surface area contributed by atoms with E-state index in [2.05, 4.69) is 22.3 Å². The highest BCUT2D eigenvalue weighted by Gasteiger charge is 2.29. The van der Waals surface area contributed by atoms with Gasteiger partial charge in [0.05, 0.1) is 0 Å². The minimum atomic E-state index is -1.26. The molecule has 3 N–H and O–H groups in total. The number of carboxylic acids is 2. The van der Waals surface area contributed by atoms with Gasteiger partial charge in [0.25, 0.3) is 0 Å². The van der Waals surface area contributed by atoms with Crippen LogP contribution in [0.4, 0.5) is 14.5 Å². The average molecular weight is 537 g/mol. The van der Waals surface area contributed by atoms with E-state index in [0.29, 0.717) is 18.1 Å². The van der Waals surface area contributed by atoms with Crippen molar-refractivity contribution in [3.8, 4) is 0 Å². The lowest BCUT2D eigenvalue weighted by Crippen LogP contribution is -2.37. The van der Waals surface area contributed by atoms with Crippen LogP contribution in [0.15, 0.2) is 91.0 Å². The monoisotopic (exact) mass is 536 g/mol. The lowest BCUT2D eigenvalue weighted by molar-refractivity contribution is -0.134. The first-order valence-electron chi connectivity index (χ1n) is 13.0. The summed E-state index contributed by atoms with van der Waals surface area (Å²) in [6, 6.07) is 23.9. The summed E-state index contributed by atoms with van der Waals surface area (Å²) in [5.41, 5.74) is 3.39. The van der Waals surface area contributed by atoms with Gasteiger partial charge in [-0.25, -0.2) is 18.4 Å². The second-order valence-electron chi connectivity index (χ2n) is 9.42. The van der Waals surface area contributed by atoms with Gasteiger partial charge < -0.3 is 20.4 Å². The van der Waals surface area contributed by atoms with E-state index in [9.17, 15) is 18.4 Å². The molecule has 0 amide bonds. The molecule has 0 aromatic heterocycles. The van der Waals surface area contributed by atoms with E-state index >= 15 is 0 Å². The Kier molecular flexibility index (Phi) is 11.6. The maximum absolute atomic E-state index is 13.5. The molecule has 1 aliphatic rings. The Balaban J connectivity index is 0.000000459. The number of hydrogen-bond acceptors (Lipinski definition) is 4. The van der Waals surface area contributed by atoms with Crippen LogP contribution in [0.3, 0.4) is 0 Å². The summed E-state index contributed by atoms with van der Waals surface area (Å²) in [5.74, 6) is -2.32. The number of para-hydroxylation sites is 1. The van der Waals surface area contributed by atoms with Crippen molar-refractivity contribution in [2.24, 2.45) is 5.92 Å². The summed E-state index contributed by atoms with van der Waals surface area (Å²) < 4.78 is 27.0. The fraction of sp³-hybridized carbons (Fsp3) is 0.290. The van der Waals surface area contributed by atoms with E-state index in [4.69, 9.17) is 10.2 Å². The molecule has 4 rings (SSSR count). The minimum Gasteiger partial charge on any atom is -0.478 e. The number of nitrogens with one attached hydrogen (secondary N) is 1. The fourth-order valence-corrected chi connectivity index (χ4v) is 4.82. The molecule has 0 radical (unpaired) electrons. The van der Waals surface area contributed by atoms with Crippen LogP contribution >= 0.6 is 0 Å². The van der Waals surface area contributed by atoms with Gasteiger partial charge in [-0.2, -0.15) is 0 Å². The predicted octanol–water partition coefficient (Wildman–Crippen LogP) is 6.02. The van der Waals surface area contributed by atoms with Gasteiger partial charge in [-0.1, -0.05) is 42.5 Å². The molecule has 1 aliphatic heterocycles. The summed E-state index contributed by atoms with van der Waals surface area (Å²) in [5, 5.41) is 19.1. The summed E-state index contributed by atoms with van der Waals surface area (Å²) in [7, 11) is 0. The summed E-state index contributed by atoms with van der Waals surface area (Å²) in [6.07, 6.45) is 4.40. The second kappa shape index (κ2) is 15.4. The molecule has 3 aromatic rings. The Bertz CT molecular complexity index is 1130. The van der Waals surface area contributed by atoms with Crippen molar-refractivity contribution >= 4 is 17.6 Å². The highest BCUT2D eigenvalue weighted by molar-refractivity contribution is 5.89. The Morgan fingerprint density at radius 1 is 0.821 bits per heavy atom. The van der Waals surface area contributed by atoms with Gasteiger partial charge in [0.1, 0.15) is 11.6 Å². The highest BCUT2D eigenvalue weighted by atomic mass is 19.1. The molecule has 39 heavy (non-hydrogen) atoms. The third kappa shape index (κ3) is 10.3. The second-order valence-corrected chi connectivity index (χ2v) is 9.42. The summed E-state index contributed by atoms with van der Waals surface area (Å²) in [4.78, 5) is 21.6. The van der Waals surface area contributed by atoms with E-state index in [1.807, 2.05) is 42.5 Å². The zero-order valence-electron chi connectivity index (χ0n) is 21.7. The number of rotatable bonds is 10. The van der Waals surface area contributed by atoms with Crippen molar-refractivity contribution in [1.29, 1.82) is 0 Å². The SMILES string of the molecule is Fc1ccc(C(c2ccc(F)cc2)C2CCN(CCCNc3ccccc3)CC2)cc1.O=C(O)C=CC(=O)O. The first-order valence-corrected chi connectivity index (χ1v) is 13.0. The lowest BCUT2D eigenvalue weighted by Gasteiger charge is -2.36. The van der Waals surface area contributed by atoms with Crippen LogP contribution in [0.5, 0.6) is 0 Å². The Morgan fingerprint density at radius 3 is 1.77 bits per heavy atom. The van der Waals surface area contributed by atoms with E-state index in [1.54, 1.807) is 0 Å². The van der Waals surface area contributed by atoms with E-state index in [0.717, 1.165) is 56.6 Å². The highest BCUT2D eigenvalue weighted by Crippen LogP contribution is 2.38. The molecule has 0 aliphatic carbocycles. The van der Waals surface area contributed by atoms with Crippen molar-refractivity contribution in [3.63, 3.8) is 0 Å². The average Bonchev–Trinajstić information content (AvgIpc) is 2.94. The van der Waals surface area contributed by atoms with Crippen LogP contribution in [0, 0.1) is 17.6 Å².